The molecule has 0 spiro atoms. The van der Waals surface area contributed by atoms with Gasteiger partial charge in [0.1, 0.15) is 22.0 Å². The summed E-state index contributed by atoms with van der Waals surface area (Å²) in [6.45, 7) is 12.9. The lowest BCUT2D eigenvalue weighted by atomic mass is 9.44. The standard InChI is InChI=1S/C45H62OP.BF4/c1-33(2)16-15-17-34(3)41-26-27-42-40-25-24-35-32-36(28-30-44(35,4)43(40)29-31-45(41,42)5)46-47(37-18-9-6-10-19-37,38-20-11-7-12-21-38)39-22-13-8-14-23-39;2-1(3,4)5/h6-14,18-23,33-36,40-43H,15-17,24-32H2,1-5H3;/q+1;-1/t34-,35+,36-,40+,41-,42+,43+,44+,45-;/m1./s1. The third kappa shape index (κ3) is 8.24. The zero-order valence-corrected chi connectivity index (χ0v) is 33.1. The highest BCUT2D eigenvalue weighted by molar-refractivity contribution is 7.91. The van der Waals surface area contributed by atoms with Crippen LogP contribution in [0.4, 0.5) is 17.3 Å². The molecule has 3 aromatic rings. The molecule has 4 saturated carbocycles. The molecule has 0 heterocycles. The highest BCUT2D eigenvalue weighted by Gasteiger charge is 2.61. The Balaban J connectivity index is 0.000000870. The van der Waals surface area contributed by atoms with Crippen molar-refractivity contribution in [2.45, 2.75) is 118 Å². The van der Waals surface area contributed by atoms with E-state index in [4.69, 9.17) is 4.52 Å². The number of hydrogen-bond donors (Lipinski definition) is 0. The van der Waals surface area contributed by atoms with Gasteiger partial charge in [0.15, 0.2) is 0 Å². The SMILES string of the molecule is CC(C)CCC[C@@H](C)[C@H]1CC[C@H]2[C@@H]3CC[C@H]4C[C@H](O[P+](c5ccccc5)(c5ccccc5)c5ccccc5)CC[C@]4(C)[C@H]3CC[C@]12C.F[B-](F)(F)F. The van der Waals surface area contributed by atoms with Crippen LogP contribution in [0.15, 0.2) is 91.0 Å². The van der Waals surface area contributed by atoms with Crippen molar-refractivity contribution in [3.63, 3.8) is 0 Å². The lowest BCUT2D eigenvalue weighted by Gasteiger charge is -2.61. The van der Waals surface area contributed by atoms with Crippen LogP contribution in [-0.4, -0.2) is 13.4 Å². The molecular formula is C45H62BF4OP. The van der Waals surface area contributed by atoms with Crippen LogP contribution < -0.4 is 15.9 Å². The van der Waals surface area contributed by atoms with E-state index in [2.05, 4.69) is 126 Å². The van der Waals surface area contributed by atoms with Gasteiger partial charge in [0.25, 0.3) is 0 Å². The number of hydrogen-bond acceptors (Lipinski definition) is 1. The minimum atomic E-state index is -6.00. The molecule has 0 aromatic heterocycles. The molecule has 4 aliphatic carbocycles. The van der Waals surface area contributed by atoms with E-state index in [1.807, 2.05) is 0 Å². The molecular weight excluding hydrogens is 674 g/mol. The zero-order chi connectivity index (χ0) is 37.1. The molecule has 3 aromatic carbocycles. The molecule has 0 bridgehead atoms. The molecule has 9 atom stereocenters. The smallest absolute Gasteiger partial charge is 0.418 e. The van der Waals surface area contributed by atoms with Crippen LogP contribution in [0.1, 0.15) is 112 Å². The molecule has 0 radical (unpaired) electrons. The van der Waals surface area contributed by atoms with Crippen LogP contribution in [0.25, 0.3) is 0 Å². The molecule has 52 heavy (non-hydrogen) atoms. The number of rotatable bonds is 10. The first-order valence-corrected chi connectivity index (χ1v) is 22.1. The van der Waals surface area contributed by atoms with Crippen LogP contribution >= 0.6 is 7.49 Å². The molecule has 0 aliphatic heterocycles. The Kier molecular flexibility index (Phi) is 12.4. The summed E-state index contributed by atoms with van der Waals surface area (Å²) in [6, 6.07) is 33.6. The third-order valence-corrected chi connectivity index (χ3v) is 18.2. The normalized spacial score (nSPS) is 32.2. The molecule has 0 N–H and O–H groups in total. The zero-order valence-electron chi connectivity index (χ0n) is 32.2. The van der Waals surface area contributed by atoms with E-state index < -0.39 is 14.7 Å². The van der Waals surface area contributed by atoms with Gasteiger partial charge in [-0.2, -0.15) is 0 Å². The average Bonchev–Trinajstić information content (AvgIpc) is 3.48. The van der Waals surface area contributed by atoms with E-state index in [0.717, 1.165) is 41.4 Å². The molecule has 0 saturated heterocycles. The van der Waals surface area contributed by atoms with Gasteiger partial charge in [-0.05, 0) is 146 Å². The van der Waals surface area contributed by atoms with Crippen LogP contribution in [0.2, 0.25) is 0 Å². The summed E-state index contributed by atoms with van der Waals surface area (Å²) >= 11 is 0. The van der Waals surface area contributed by atoms with E-state index in [9.17, 15) is 17.3 Å². The molecule has 284 valence electrons. The minimum absolute atomic E-state index is 0.301. The van der Waals surface area contributed by atoms with E-state index in [0.29, 0.717) is 16.9 Å². The monoisotopic (exact) mass is 736 g/mol. The van der Waals surface area contributed by atoms with Crippen molar-refractivity contribution in [1.82, 2.24) is 0 Å². The van der Waals surface area contributed by atoms with E-state index in [-0.39, 0.29) is 0 Å². The van der Waals surface area contributed by atoms with Gasteiger partial charge in [0.2, 0.25) is 7.49 Å². The fourth-order valence-corrected chi connectivity index (χ4v) is 15.8. The minimum Gasteiger partial charge on any atom is -0.418 e. The van der Waals surface area contributed by atoms with Crippen molar-refractivity contribution in [3.8, 4) is 0 Å². The van der Waals surface area contributed by atoms with Crippen molar-refractivity contribution in [2.75, 3.05) is 0 Å². The first kappa shape index (κ1) is 39.5. The van der Waals surface area contributed by atoms with Gasteiger partial charge in [0.05, 0.1) is 0 Å². The van der Waals surface area contributed by atoms with Gasteiger partial charge in [-0.1, -0.05) is 108 Å². The number of benzene rings is 3. The number of halogens is 4. The highest BCUT2D eigenvalue weighted by Crippen LogP contribution is 2.69. The molecule has 1 nitrogen and oxygen atoms in total. The maximum atomic E-state index is 9.75. The molecule has 0 amide bonds. The average molecular weight is 737 g/mol. The maximum Gasteiger partial charge on any atom is 0.673 e. The Morgan fingerprint density at radius 2 is 1.15 bits per heavy atom. The van der Waals surface area contributed by atoms with Crippen molar-refractivity contribution in [1.29, 1.82) is 0 Å². The lowest BCUT2D eigenvalue weighted by molar-refractivity contribution is -0.126. The summed E-state index contributed by atoms with van der Waals surface area (Å²) in [4.78, 5) is 0. The van der Waals surface area contributed by atoms with Gasteiger partial charge in [0, 0.05) is 0 Å². The maximum absolute atomic E-state index is 9.75. The van der Waals surface area contributed by atoms with Crippen LogP contribution in [0.3, 0.4) is 0 Å². The Bertz CT molecular complexity index is 1450. The molecule has 4 fully saturated rings. The third-order valence-electron chi connectivity index (χ3n) is 14.5. The molecule has 4 aliphatic rings. The summed E-state index contributed by atoms with van der Waals surface area (Å²) in [5, 5.41) is 4.03. The fourth-order valence-electron chi connectivity index (χ4n) is 12.1. The Morgan fingerprint density at radius 1 is 0.654 bits per heavy atom. The molecule has 7 rings (SSSR count). The van der Waals surface area contributed by atoms with E-state index in [1.54, 1.807) is 0 Å². The second kappa shape index (κ2) is 16.3. The largest absolute Gasteiger partial charge is 0.673 e. The Morgan fingerprint density at radius 3 is 1.67 bits per heavy atom. The molecule has 7 heteroatoms. The van der Waals surface area contributed by atoms with Crippen molar-refractivity contribution >= 4 is 30.7 Å². The quantitative estimate of drug-likeness (QED) is 0.114. The fraction of sp³-hybridized carbons (Fsp3) is 0.600. The Labute approximate surface area is 312 Å². The van der Waals surface area contributed by atoms with Gasteiger partial charge >= 0.3 is 7.25 Å². The van der Waals surface area contributed by atoms with Crippen LogP contribution in [-0.2, 0) is 4.52 Å². The highest BCUT2D eigenvalue weighted by atomic mass is 31.2. The Hall–Kier alpha value is -2.17. The number of fused-ring (bicyclic) bond motifs is 5. The predicted molar refractivity (Wildman–Crippen MR) is 213 cm³/mol. The second-order valence-corrected chi connectivity index (χ2v) is 20.8. The van der Waals surface area contributed by atoms with Crippen molar-refractivity contribution in [2.24, 2.45) is 52.3 Å². The van der Waals surface area contributed by atoms with E-state index >= 15 is 0 Å². The first-order chi connectivity index (χ1) is 24.8. The topological polar surface area (TPSA) is 9.23 Å². The first-order valence-electron chi connectivity index (χ1n) is 20.4. The van der Waals surface area contributed by atoms with Crippen molar-refractivity contribution < 1.29 is 21.8 Å². The second-order valence-electron chi connectivity index (χ2n) is 17.8. The summed E-state index contributed by atoms with van der Waals surface area (Å²) in [6.07, 6.45) is 17.1. The van der Waals surface area contributed by atoms with Crippen LogP contribution in [0, 0.1) is 52.3 Å². The van der Waals surface area contributed by atoms with Gasteiger partial charge in [-0.25, -0.2) is 4.52 Å². The van der Waals surface area contributed by atoms with Gasteiger partial charge in [-0.15, -0.1) is 0 Å². The summed E-state index contributed by atoms with van der Waals surface area (Å²) in [5.41, 5.74) is 1.05. The summed E-state index contributed by atoms with van der Waals surface area (Å²) < 4.78 is 46.8. The van der Waals surface area contributed by atoms with Crippen molar-refractivity contribution in [3.05, 3.63) is 91.0 Å². The van der Waals surface area contributed by atoms with Gasteiger partial charge in [-0.3, -0.25) is 0 Å². The lowest BCUT2D eigenvalue weighted by Crippen LogP contribution is -2.54. The van der Waals surface area contributed by atoms with Gasteiger partial charge < -0.3 is 17.3 Å². The predicted octanol–water partition coefficient (Wildman–Crippen LogP) is 12.7. The van der Waals surface area contributed by atoms with Crippen LogP contribution in [0.5, 0.6) is 0 Å². The molecule has 0 unspecified atom stereocenters. The summed E-state index contributed by atoms with van der Waals surface area (Å²) in [5.74, 6) is 6.27. The van der Waals surface area contributed by atoms with E-state index in [1.165, 1.54) is 93.0 Å². The summed E-state index contributed by atoms with van der Waals surface area (Å²) in [7, 11) is -8.27.